The van der Waals surface area contributed by atoms with Gasteiger partial charge in [0.15, 0.2) is 11.5 Å². The molecule has 1 atom stereocenters. The van der Waals surface area contributed by atoms with E-state index in [4.69, 9.17) is 4.98 Å². The topological polar surface area (TPSA) is 95.8 Å². The van der Waals surface area contributed by atoms with Crippen molar-refractivity contribution in [3.8, 4) is 5.82 Å². The molecule has 1 fully saturated rings. The fourth-order valence-electron chi connectivity index (χ4n) is 3.53. The van der Waals surface area contributed by atoms with E-state index in [9.17, 15) is 5.11 Å². The van der Waals surface area contributed by atoms with E-state index in [0.717, 1.165) is 41.8 Å². The number of nitrogens with zero attached hydrogens (tertiary/aromatic N) is 6. The van der Waals surface area contributed by atoms with Crippen molar-refractivity contribution in [2.75, 3.05) is 18.1 Å². The van der Waals surface area contributed by atoms with E-state index in [2.05, 4.69) is 24.8 Å². The Morgan fingerprint density at radius 3 is 3.04 bits per heavy atom. The van der Waals surface area contributed by atoms with E-state index in [0.29, 0.717) is 11.6 Å². The van der Waals surface area contributed by atoms with E-state index in [1.54, 1.807) is 12.7 Å². The van der Waals surface area contributed by atoms with Gasteiger partial charge >= 0.3 is 0 Å². The Bertz CT molecular complexity index is 1050. The number of aliphatic hydroxyl groups is 1. The molecule has 8 heteroatoms. The van der Waals surface area contributed by atoms with Crippen LogP contribution in [-0.4, -0.2) is 53.8 Å². The van der Waals surface area contributed by atoms with Crippen LogP contribution in [0.3, 0.4) is 0 Å². The maximum Gasteiger partial charge on any atom is 0.229 e. The first-order valence-corrected chi connectivity index (χ1v) is 8.36. The third-order valence-corrected chi connectivity index (χ3v) is 4.78. The largest absolute Gasteiger partial charge is 0.394 e. The first-order chi connectivity index (χ1) is 12.3. The Labute approximate surface area is 143 Å². The van der Waals surface area contributed by atoms with Crippen molar-refractivity contribution in [1.82, 2.24) is 29.5 Å². The van der Waals surface area contributed by atoms with Gasteiger partial charge in [-0.3, -0.25) is 4.57 Å². The molecule has 1 aliphatic heterocycles. The maximum absolute atomic E-state index is 9.63. The Hall–Kier alpha value is -3.00. The Kier molecular flexibility index (Phi) is 3.17. The number of hydrogen-bond donors (Lipinski definition) is 2. The lowest BCUT2D eigenvalue weighted by Crippen LogP contribution is -2.33. The monoisotopic (exact) mass is 335 g/mol. The number of benzene rings is 1. The van der Waals surface area contributed by atoms with Crippen molar-refractivity contribution < 1.29 is 5.11 Å². The van der Waals surface area contributed by atoms with Gasteiger partial charge in [0.05, 0.1) is 30.0 Å². The quantitative estimate of drug-likeness (QED) is 0.591. The predicted molar refractivity (Wildman–Crippen MR) is 93.8 cm³/mol. The fraction of sp³-hybridized carbons (Fsp3) is 0.294. The predicted octanol–water partition coefficient (Wildman–Crippen LogP) is 1.65. The summed E-state index contributed by atoms with van der Waals surface area (Å²) in [7, 11) is 0. The van der Waals surface area contributed by atoms with Crippen LogP contribution in [0.1, 0.15) is 12.8 Å². The molecule has 0 amide bonds. The van der Waals surface area contributed by atoms with Gasteiger partial charge < -0.3 is 15.0 Å². The van der Waals surface area contributed by atoms with Gasteiger partial charge in [-0.25, -0.2) is 9.97 Å². The molecular weight excluding hydrogens is 318 g/mol. The lowest BCUT2D eigenvalue weighted by molar-refractivity contribution is 0.265. The summed E-state index contributed by atoms with van der Waals surface area (Å²) in [5.74, 6) is 1.32. The van der Waals surface area contributed by atoms with Crippen LogP contribution in [0, 0.1) is 0 Å². The van der Waals surface area contributed by atoms with E-state index in [1.165, 1.54) is 0 Å². The minimum absolute atomic E-state index is 0.0590. The molecule has 0 spiro atoms. The number of nitrogens with one attached hydrogen (secondary N) is 1. The number of rotatable bonds is 3. The number of aromatic nitrogens is 6. The average molecular weight is 335 g/mol. The standard InChI is InChI=1S/C17H17N7O/c25-8-11-4-3-7-23(11)17-21-15-14(18-9-19-15)16(22-17)24-10-20-12-5-1-2-6-13(12)24/h1-2,5-6,9-11,25H,3-4,7-8H2,(H,18,19,21,22)/t11-/m1/s1. The number of para-hydroxylation sites is 2. The molecule has 1 aliphatic rings. The Morgan fingerprint density at radius 1 is 1.20 bits per heavy atom. The zero-order chi connectivity index (χ0) is 16.8. The molecule has 3 aromatic heterocycles. The molecule has 0 bridgehead atoms. The zero-order valence-electron chi connectivity index (χ0n) is 13.5. The van der Waals surface area contributed by atoms with Gasteiger partial charge in [0.2, 0.25) is 5.95 Å². The lowest BCUT2D eigenvalue weighted by atomic mass is 10.2. The molecule has 0 radical (unpaired) electrons. The highest BCUT2D eigenvalue weighted by atomic mass is 16.3. The van der Waals surface area contributed by atoms with E-state index in [-0.39, 0.29) is 12.6 Å². The summed E-state index contributed by atoms with van der Waals surface area (Å²) in [6.07, 6.45) is 5.36. The maximum atomic E-state index is 9.63. The molecular formula is C17H17N7O. The van der Waals surface area contributed by atoms with Crippen LogP contribution >= 0.6 is 0 Å². The summed E-state index contributed by atoms with van der Waals surface area (Å²) in [5.41, 5.74) is 3.26. The second-order valence-electron chi connectivity index (χ2n) is 6.22. The summed E-state index contributed by atoms with van der Waals surface area (Å²) in [4.78, 5) is 23.4. The van der Waals surface area contributed by atoms with Crippen molar-refractivity contribution in [2.45, 2.75) is 18.9 Å². The minimum Gasteiger partial charge on any atom is -0.394 e. The highest BCUT2D eigenvalue weighted by Gasteiger charge is 2.27. The fourth-order valence-corrected chi connectivity index (χ4v) is 3.53. The van der Waals surface area contributed by atoms with Crippen LogP contribution in [0.15, 0.2) is 36.9 Å². The molecule has 0 saturated carbocycles. The molecule has 1 saturated heterocycles. The first-order valence-electron chi connectivity index (χ1n) is 8.36. The normalized spacial score (nSPS) is 17.8. The smallest absolute Gasteiger partial charge is 0.229 e. The van der Waals surface area contributed by atoms with Gasteiger partial charge in [0, 0.05) is 6.54 Å². The van der Waals surface area contributed by atoms with Crippen LogP contribution in [0.25, 0.3) is 28.0 Å². The van der Waals surface area contributed by atoms with Crippen LogP contribution in [-0.2, 0) is 0 Å². The lowest BCUT2D eigenvalue weighted by Gasteiger charge is -2.23. The molecule has 2 N–H and O–H groups in total. The van der Waals surface area contributed by atoms with Crippen molar-refractivity contribution in [3.05, 3.63) is 36.9 Å². The second kappa shape index (κ2) is 5.52. The van der Waals surface area contributed by atoms with E-state index < -0.39 is 0 Å². The number of aromatic amines is 1. The highest BCUT2D eigenvalue weighted by Crippen LogP contribution is 2.27. The number of anilines is 1. The van der Waals surface area contributed by atoms with Gasteiger partial charge in [-0.15, -0.1) is 0 Å². The van der Waals surface area contributed by atoms with Gasteiger partial charge in [-0.05, 0) is 25.0 Å². The van der Waals surface area contributed by atoms with E-state index >= 15 is 0 Å². The zero-order valence-corrected chi connectivity index (χ0v) is 13.5. The summed E-state index contributed by atoms with van der Waals surface area (Å²) < 4.78 is 1.95. The Morgan fingerprint density at radius 2 is 2.12 bits per heavy atom. The third kappa shape index (κ3) is 2.18. The number of aliphatic hydroxyl groups excluding tert-OH is 1. The third-order valence-electron chi connectivity index (χ3n) is 4.78. The van der Waals surface area contributed by atoms with Crippen LogP contribution in [0.5, 0.6) is 0 Å². The van der Waals surface area contributed by atoms with E-state index in [1.807, 2.05) is 28.8 Å². The Balaban J connectivity index is 1.73. The van der Waals surface area contributed by atoms with Gasteiger partial charge in [0.1, 0.15) is 11.8 Å². The van der Waals surface area contributed by atoms with Crippen molar-refractivity contribution in [3.63, 3.8) is 0 Å². The number of imidazole rings is 2. The summed E-state index contributed by atoms with van der Waals surface area (Å²) >= 11 is 0. The number of hydrogen-bond acceptors (Lipinski definition) is 6. The molecule has 5 rings (SSSR count). The van der Waals surface area contributed by atoms with Crippen molar-refractivity contribution in [2.24, 2.45) is 0 Å². The molecule has 1 aromatic carbocycles. The van der Waals surface area contributed by atoms with Crippen LogP contribution in [0.4, 0.5) is 5.95 Å². The second-order valence-corrected chi connectivity index (χ2v) is 6.22. The molecule has 4 aromatic rings. The van der Waals surface area contributed by atoms with Crippen molar-refractivity contribution in [1.29, 1.82) is 0 Å². The molecule has 0 unspecified atom stereocenters. The molecule has 25 heavy (non-hydrogen) atoms. The summed E-state index contributed by atoms with van der Waals surface area (Å²) in [6.45, 7) is 0.941. The summed E-state index contributed by atoms with van der Waals surface area (Å²) in [6, 6.07) is 7.99. The SMILES string of the molecule is OC[C@H]1CCCN1c1nc(-n2cnc3ccccc32)c2[nH]cnc2n1. The number of fused-ring (bicyclic) bond motifs is 2. The first kappa shape index (κ1) is 14.4. The average Bonchev–Trinajstić information content (AvgIpc) is 3.38. The molecule has 0 aliphatic carbocycles. The molecule has 8 nitrogen and oxygen atoms in total. The highest BCUT2D eigenvalue weighted by molar-refractivity contribution is 5.84. The van der Waals surface area contributed by atoms with Gasteiger partial charge in [-0.2, -0.15) is 9.97 Å². The van der Waals surface area contributed by atoms with Crippen LogP contribution in [0.2, 0.25) is 0 Å². The number of H-pyrrole nitrogens is 1. The van der Waals surface area contributed by atoms with Crippen LogP contribution < -0.4 is 4.90 Å². The summed E-state index contributed by atoms with van der Waals surface area (Å²) in [5, 5.41) is 9.63. The van der Waals surface area contributed by atoms with Gasteiger partial charge in [-0.1, -0.05) is 12.1 Å². The van der Waals surface area contributed by atoms with Gasteiger partial charge in [0.25, 0.3) is 0 Å². The van der Waals surface area contributed by atoms with Crippen molar-refractivity contribution >= 4 is 28.1 Å². The molecule has 126 valence electrons. The molecule has 4 heterocycles. The minimum atomic E-state index is 0.0590.